The number of halogens is 1. The normalized spacial score (nSPS) is 29.2. The van der Waals surface area contributed by atoms with Gasteiger partial charge in [0, 0.05) is 43.4 Å². The minimum atomic E-state index is -0.621. The van der Waals surface area contributed by atoms with Crippen LogP contribution in [0.3, 0.4) is 0 Å². The third-order valence-corrected chi connectivity index (χ3v) is 7.48. The Hall–Kier alpha value is -2.35. The standard InChI is InChI=1S/C26H37FN2O5/c1-26(2,3)34-25(31)28-20-12-21-17-11-24(33-5)23(32-4)10-16(17)6-7-29(21)14-19(20)18-8-15(13-27)9-22(18)30/h10-11,15,18-21H,6-9,12-14H2,1-5H3,(H,28,31)/t15-,18?,19-,20+,21+/m1/s1. The van der Waals surface area contributed by atoms with E-state index in [0.717, 1.165) is 18.5 Å². The van der Waals surface area contributed by atoms with Gasteiger partial charge in [0.05, 0.1) is 20.9 Å². The lowest BCUT2D eigenvalue weighted by Gasteiger charge is -2.48. The first kappa shape index (κ1) is 24.8. The number of carbonyl (C=O) groups excluding carboxylic acids is 2. The molecule has 0 aromatic heterocycles. The number of methoxy groups -OCH3 is 2. The smallest absolute Gasteiger partial charge is 0.407 e. The van der Waals surface area contributed by atoms with Crippen LogP contribution in [-0.4, -0.2) is 62.4 Å². The van der Waals surface area contributed by atoms with Crippen LogP contribution in [0.15, 0.2) is 12.1 Å². The van der Waals surface area contributed by atoms with Gasteiger partial charge in [0.25, 0.3) is 0 Å². The van der Waals surface area contributed by atoms with Gasteiger partial charge in [0.2, 0.25) is 0 Å². The van der Waals surface area contributed by atoms with Gasteiger partial charge in [-0.3, -0.25) is 14.1 Å². The minimum absolute atomic E-state index is 0.0745. The molecule has 188 valence electrons. The lowest BCUT2D eigenvalue weighted by atomic mass is 9.74. The predicted molar refractivity (Wildman–Crippen MR) is 126 cm³/mol. The van der Waals surface area contributed by atoms with Crippen molar-refractivity contribution in [3.8, 4) is 11.5 Å². The van der Waals surface area contributed by atoms with Crippen LogP contribution in [0.1, 0.15) is 57.2 Å². The van der Waals surface area contributed by atoms with Crippen molar-refractivity contribution in [2.75, 3.05) is 34.0 Å². The van der Waals surface area contributed by atoms with Gasteiger partial charge in [-0.1, -0.05) is 0 Å². The van der Waals surface area contributed by atoms with Crippen molar-refractivity contribution in [3.63, 3.8) is 0 Å². The Kier molecular flexibility index (Phi) is 7.08. The second-order valence-electron chi connectivity index (χ2n) is 10.9. The summed E-state index contributed by atoms with van der Waals surface area (Å²) in [5.41, 5.74) is 1.75. The Morgan fingerprint density at radius 2 is 1.88 bits per heavy atom. The zero-order chi connectivity index (χ0) is 24.6. The highest BCUT2D eigenvalue weighted by Gasteiger charge is 2.47. The molecule has 8 heteroatoms. The fourth-order valence-corrected chi connectivity index (χ4v) is 5.96. The molecule has 1 aromatic carbocycles. The number of alkyl carbamates (subject to hydrolysis) is 1. The van der Waals surface area contributed by atoms with Crippen molar-refractivity contribution in [1.82, 2.24) is 10.2 Å². The second kappa shape index (κ2) is 9.72. The van der Waals surface area contributed by atoms with E-state index in [2.05, 4.69) is 10.2 Å². The summed E-state index contributed by atoms with van der Waals surface area (Å²) in [6.45, 7) is 6.55. The minimum Gasteiger partial charge on any atom is -0.493 e. The van der Waals surface area contributed by atoms with Crippen molar-refractivity contribution in [1.29, 1.82) is 0 Å². The number of carbonyl (C=O) groups is 2. The van der Waals surface area contributed by atoms with E-state index in [1.54, 1.807) is 14.2 Å². The summed E-state index contributed by atoms with van der Waals surface area (Å²) in [5.74, 6) is 0.976. The number of amides is 1. The molecule has 3 aliphatic rings. The highest BCUT2D eigenvalue weighted by atomic mass is 19.1. The van der Waals surface area contributed by atoms with Crippen LogP contribution in [-0.2, 0) is 16.0 Å². The summed E-state index contributed by atoms with van der Waals surface area (Å²) >= 11 is 0. The molecule has 1 aliphatic carbocycles. The highest BCUT2D eigenvalue weighted by molar-refractivity contribution is 5.84. The van der Waals surface area contributed by atoms with Gasteiger partial charge >= 0.3 is 6.09 Å². The molecular formula is C26H37FN2O5. The summed E-state index contributed by atoms with van der Waals surface area (Å²) in [5, 5.41) is 3.08. The van der Waals surface area contributed by atoms with Crippen LogP contribution in [0, 0.1) is 17.8 Å². The van der Waals surface area contributed by atoms with Crippen molar-refractivity contribution in [2.24, 2.45) is 17.8 Å². The number of ether oxygens (including phenoxy) is 3. The highest BCUT2D eigenvalue weighted by Crippen LogP contribution is 2.46. The van der Waals surface area contributed by atoms with E-state index < -0.39 is 18.4 Å². The maximum absolute atomic E-state index is 13.4. The number of piperidine rings is 1. The number of nitrogens with one attached hydrogen (secondary N) is 1. The summed E-state index contributed by atoms with van der Waals surface area (Å²) in [4.78, 5) is 28.0. The zero-order valence-corrected chi connectivity index (χ0v) is 20.9. The van der Waals surface area contributed by atoms with Gasteiger partial charge in [0.1, 0.15) is 11.4 Å². The topological polar surface area (TPSA) is 77.1 Å². The first-order valence-electron chi connectivity index (χ1n) is 12.2. The van der Waals surface area contributed by atoms with Crippen LogP contribution in [0.4, 0.5) is 9.18 Å². The van der Waals surface area contributed by atoms with Crippen molar-refractivity contribution in [2.45, 2.75) is 64.1 Å². The van der Waals surface area contributed by atoms with Gasteiger partial charge in [-0.25, -0.2) is 4.79 Å². The molecule has 1 unspecified atom stereocenters. The number of alkyl halides is 1. The van der Waals surface area contributed by atoms with Gasteiger partial charge in [-0.2, -0.15) is 0 Å². The number of ketones is 1. The molecule has 1 N–H and O–H groups in total. The summed E-state index contributed by atoms with van der Waals surface area (Å²) in [7, 11) is 3.26. The van der Waals surface area contributed by atoms with Crippen LogP contribution < -0.4 is 14.8 Å². The van der Waals surface area contributed by atoms with Crippen LogP contribution in [0.25, 0.3) is 0 Å². The van der Waals surface area contributed by atoms with E-state index in [1.807, 2.05) is 32.9 Å². The molecule has 4 rings (SSSR count). The second-order valence-corrected chi connectivity index (χ2v) is 10.9. The molecule has 1 aromatic rings. The molecule has 1 saturated heterocycles. The lowest BCUT2D eigenvalue weighted by molar-refractivity contribution is -0.123. The summed E-state index contributed by atoms with van der Waals surface area (Å²) < 4.78 is 30.0. The monoisotopic (exact) mass is 476 g/mol. The van der Waals surface area contributed by atoms with Gasteiger partial charge in [-0.15, -0.1) is 0 Å². The quantitative estimate of drug-likeness (QED) is 0.690. The number of hydrogen-bond acceptors (Lipinski definition) is 6. The maximum atomic E-state index is 13.4. The van der Waals surface area contributed by atoms with Crippen molar-refractivity contribution < 1.29 is 28.2 Å². The summed E-state index contributed by atoms with van der Waals surface area (Å²) in [6.07, 6.45) is 1.88. The van der Waals surface area contributed by atoms with E-state index in [1.165, 1.54) is 5.56 Å². The number of hydrogen-bond donors (Lipinski definition) is 1. The molecule has 2 aliphatic heterocycles. The van der Waals surface area contributed by atoms with E-state index >= 15 is 0 Å². The van der Waals surface area contributed by atoms with Crippen molar-refractivity contribution in [3.05, 3.63) is 23.3 Å². The fraction of sp³-hybridized carbons (Fsp3) is 0.692. The van der Waals surface area contributed by atoms with Crippen LogP contribution in [0.5, 0.6) is 11.5 Å². The van der Waals surface area contributed by atoms with Gasteiger partial charge in [0.15, 0.2) is 11.5 Å². The Bertz CT molecular complexity index is 931. The number of nitrogens with zero attached hydrogens (tertiary/aromatic N) is 1. The molecule has 1 amide bonds. The first-order valence-corrected chi connectivity index (χ1v) is 12.2. The van der Waals surface area contributed by atoms with Gasteiger partial charge in [-0.05, 0) is 69.2 Å². The van der Waals surface area contributed by atoms with Crippen LogP contribution in [0.2, 0.25) is 0 Å². The Morgan fingerprint density at radius 1 is 1.18 bits per heavy atom. The molecular weight excluding hydrogens is 439 g/mol. The lowest BCUT2D eigenvalue weighted by Crippen LogP contribution is -2.56. The predicted octanol–water partition coefficient (Wildman–Crippen LogP) is 4.08. The molecule has 0 spiro atoms. The maximum Gasteiger partial charge on any atom is 0.407 e. The number of benzene rings is 1. The van der Waals surface area contributed by atoms with E-state index in [-0.39, 0.29) is 35.6 Å². The third kappa shape index (κ3) is 5.02. The molecule has 1 saturated carbocycles. The largest absolute Gasteiger partial charge is 0.493 e. The fourth-order valence-electron chi connectivity index (χ4n) is 5.96. The molecule has 7 nitrogen and oxygen atoms in total. The Morgan fingerprint density at radius 3 is 2.50 bits per heavy atom. The Labute approximate surface area is 201 Å². The van der Waals surface area contributed by atoms with Crippen LogP contribution >= 0.6 is 0 Å². The molecule has 0 bridgehead atoms. The molecule has 5 atom stereocenters. The third-order valence-electron chi connectivity index (χ3n) is 7.48. The number of fused-ring (bicyclic) bond motifs is 3. The van der Waals surface area contributed by atoms with Gasteiger partial charge < -0.3 is 19.5 Å². The first-order chi connectivity index (χ1) is 16.1. The molecule has 2 fully saturated rings. The molecule has 34 heavy (non-hydrogen) atoms. The SMILES string of the molecule is COc1cc2c(cc1OC)[C@@H]1C[C@H](NC(=O)OC(C)(C)C)[C@@H](C3C[C@@H](CF)CC3=O)CN1CC2. The average molecular weight is 477 g/mol. The summed E-state index contributed by atoms with van der Waals surface area (Å²) in [6, 6.07) is 3.91. The van der Waals surface area contributed by atoms with E-state index in [4.69, 9.17) is 14.2 Å². The number of rotatable bonds is 5. The average Bonchev–Trinajstić information content (AvgIpc) is 3.16. The Balaban J connectivity index is 1.63. The molecule has 2 heterocycles. The van der Waals surface area contributed by atoms with E-state index in [9.17, 15) is 14.0 Å². The van der Waals surface area contributed by atoms with Crippen molar-refractivity contribution >= 4 is 11.9 Å². The number of Topliss-reactive ketones (excluding diaryl/α,β-unsaturated/α-hetero) is 1. The molecule has 0 radical (unpaired) electrons. The zero-order valence-electron chi connectivity index (χ0n) is 20.9. The van der Waals surface area contributed by atoms with E-state index in [0.29, 0.717) is 37.3 Å².